The van der Waals surface area contributed by atoms with E-state index in [0.717, 1.165) is 18.8 Å². The Balaban J connectivity index is 0.000000379. The van der Waals surface area contributed by atoms with E-state index in [2.05, 4.69) is 5.32 Å². The van der Waals surface area contributed by atoms with Gasteiger partial charge in [0.25, 0.3) is 5.91 Å². The summed E-state index contributed by atoms with van der Waals surface area (Å²) in [5.74, 6) is 0.0382. The predicted molar refractivity (Wildman–Crippen MR) is 59.5 cm³/mol. The fourth-order valence-electron chi connectivity index (χ4n) is 1.20. The van der Waals surface area contributed by atoms with Crippen molar-refractivity contribution in [3.8, 4) is 0 Å². The van der Waals surface area contributed by atoms with Gasteiger partial charge in [-0.15, -0.1) is 0 Å². The van der Waals surface area contributed by atoms with Crippen LogP contribution in [0.1, 0.15) is 38.2 Å². The molecule has 1 amide bonds. The summed E-state index contributed by atoms with van der Waals surface area (Å²) >= 11 is 0. The van der Waals surface area contributed by atoms with Gasteiger partial charge in [-0.2, -0.15) is 0 Å². The second kappa shape index (κ2) is 7.18. The maximum Gasteiger partial charge on any atom is 0.267 e. The third kappa shape index (κ3) is 2.91. The van der Waals surface area contributed by atoms with Crippen LogP contribution in [0.25, 0.3) is 0 Å². The van der Waals surface area contributed by atoms with Crippen LogP contribution in [0.5, 0.6) is 0 Å². The highest BCUT2D eigenvalue weighted by Crippen LogP contribution is 2.04. The minimum absolute atomic E-state index is 0.0382. The molecular formula is C11H20N2O. The third-order valence-corrected chi connectivity index (χ3v) is 1.70. The maximum atomic E-state index is 11.0. The van der Waals surface area contributed by atoms with Crippen LogP contribution in [-0.2, 0) is 6.54 Å². The summed E-state index contributed by atoms with van der Waals surface area (Å²) in [6.07, 6.45) is 1.92. The summed E-state index contributed by atoms with van der Waals surface area (Å²) in [7, 11) is 0. The molecule has 14 heavy (non-hydrogen) atoms. The molecule has 0 saturated heterocycles. The normalized spacial score (nSPS) is 12.4. The molecule has 0 aliphatic carbocycles. The van der Waals surface area contributed by atoms with E-state index in [0.29, 0.717) is 0 Å². The highest BCUT2D eigenvalue weighted by Gasteiger charge is 2.13. The number of aromatic nitrogens is 1. The van der Waals surface area contributed by atoms with Crippen LogP contribution in [0, 0.1) is 0 Å². The Bertz CT molecular complexity index is 266. The van der Waals surface area contributed by atoms with Gasteiger partial charge in [0.2, 0.25) is 0 Å². The zero-order chi connectivity index (χ0) is 11.0. The minimum Gasteiger partial charge on any atom is -0.349 e. The van der Waals surface area contributed by atoms with E-state index in [1.807, 2.05) is 50.6 Å². The molecule has 2 rings (SSSR count). The molecule has 1 N–H and O–H groups in total. The summed E-state index contributed by atoms with van der Waals surface area (Å²) < 4.78 is 1.96. The van der Waals surface area contributed by atoms with Crippen molar-refractivity contribution < 1.29 is 4.79 Å². The number of carbonyl (C=O) groups excluding carboxylic acids is 1. The third-order valence-electron chi connectivity index (χ3n) is 1.70. The van der Waals surface area contributed by atoms with Gasteiger partial charge in [0.15, 0.2) is 0 Å². The number of fused-ring (bicyclic) bond motifs is 1. The van der Waals surface area contributed by atoms with E-state index in [9.17, 15) is 4.79 Å². The molecule has 0 bridgehead atoms. The van der Waals surface area contributed by atoms with E-state index in [1.54, 1.807) is 0 Å². The SMILES string of the molecule is CC.CC.O=C1NCCn2cccc21. The zero-order valence-electron chi connectivity index (χ0n) is 9.50. The molecule has 1 aromatic heterocycles. The van der Waals surface area contributed by atoms with Crippen molar-refractivity contribution in [1.29, 1.82) is 0 Å². The van der Waals surface area contributed by atoms with Gasteiger partial charge >= 0.3 is 0 Å². The van der Waals surface area contributed by atoms with E-state index in [1.165, 1.54) is 0 Å². The van der Waals surface area contributed by atoms with Crippen LogP contribution < -0.4 is 5.32 Å². The summed E-state index contributed by atoms with van der Waals surface area (Å²) in [6, 6.07) is 3.72. The number of amides is 1. The number of rotatable bonds is 0. The van der Waals surface area contributed by atoms with Gasteiger partial charge in [0.1, 0.15) is 5.69 Å². The maximum absolute atomic E-state index is 11.0. The van der Waals surface area contributed by atoms with Gasteiger partial charge in [-0.1, -0.05) is 27.7 Å². The van der Waals surface area contributed by atoms with E-state index >= 15 is 0 Å². The summed E-state index contributed by atoms with van der Waals surface area (Å²) in [5, 5.41) is 2.76. The van der Waals surface area contributed by atoms with Gasteiger partial charge in [0, 0.05) is 19.3 Å². The van der Waals surface area contributed by atoms with Crippen LogP contribution >= 0.6 is 0 Å². The first-order chi connectivity index (χ1) is 6.88. The van der Waals surface area contributed by atoms with Gasteiger partial charge in [-0.05, 0) is 12.1 Å². The smallest absolute Gasteiger partial charge is 0.267 e. The Morgan fingerprint density at radius 3 is 2.50 bits per heavy atom. The van der Waals surface area contributed by atoms with Crippen molar-refractivity contribution in [2.45, 2.75) is 34.2 Å². The lowest BCUT2D eigenvalue weighted by molar-refractivity contribution is 0.0928. The second-order valence-electron chi connectivity index (χ2n) is 2.34. The molecule has 0 aromatic carbocycles. The second-order valence-corrected chi connectivity index (χ2v) is 2.34. The molecular weight excluding hydrogens is 176 g/mol. The number of nitrogens with zero attached hydrogens (tertiary/aromatic N) is 1. The number of nitrogens with one attached hydrogen (secondary N) is 1. The van der Waals surface area contributed by atoms with E-state index < -0.39 is 0 Å². The van der Waals surface area contributed by atoms with Crippen LogP contribution in [0.4, 0.5) is 0 Å². The molecule has 1 aliphatic rings. The molecule has 0 atom stereocenters. The molecule has 3 heteroatoms. The Hall–Kier alpha value is -1.25. The van der Waals surface area contributed by atoms with Crippen LogP contribution in [0.2, 0.25) is 0 Å². The van der Waals surface area contributed by atoms with Crippen LogP contribution in [0.15, 0.2) is 18.3 Å². The molecule has 0 radical (unpaired) electrons. The topological polar surface area (TPSA) is 34.0 Å². The van der Waals surface area contributed by atoms with Crippen molar-refractivity contribution >= 4 is 5.91 Å². The van der Waals surface area contributed by atoms with Crippen molar-refractivity contribution in [2.24, 2.45) is 0 Å². The molecule has 2 heterocycles. The van der Waals surface area contributed by atoms with Crippen LogP contribution in [-0.4, -0.2) is 17.0 Å². The first-order valence-corrected chi connectivity index (χ1v) is 5.31. The fraction of sp³-hybridized carbons (Fsp3) is 0.545. The average Bonchev–Trinajstić information content (AvgIpc) is 2.73. The Labute approximate surface area is 86.1 Å². The van der Waals surface area contributed by atoms with Crippen molar-refractivity contribution in [2.75, 3.05) is 6.54 Å². The molecule has 1 aliphatic heterocycles. The molecule has 1 aromatic rings. The van der Waals surface area contributed by atoms with E-state index in [4.69, 9.17) is 0 Å². The Kier molecular flexibility index (Phi) is 6.54. The monoisotopic (exact) mass is 196 g/mol. The lowest BCUT2D eigenvalue weighted by atomic mass is 10.3. The van der Waals surface area contributed by atoms with Crippen molar-refractivity contribution in [1.82, 2.24) is 9.88 Å². The lowest BCUT2D eigenvalue weighted by Crippen LogP contribution is -2.34. The molecule has 0 saturated carbocycles. The zero-order valence-corrected chi connectivity index (χ0v) is 9.50. The van der Waals surface area contributed by atoms with Crippen LogP contribution in [0.3, 0.4) is 0 Å². The van der Waals surface area contributed by atoms with Gasteiger partial charge in [-0.25, -0.2) is 0 Å². The minimum atomic E-state index is 0.0382. The summed E-state index contributed by atoms with van der Waals surface area (Å²) in [6.45, 7) is 9.65. The molecule has 0 spiro atoms. The highest BCUT2D eigenvalue weighted by atomic mass is 16.2. The standard InChI is InChI=1S/C7H8N2O.2C2H6/c10-7-6-2-1-4-9(6)5-3-8-7;2*1-2/h1-2,4H,3,5H2,(H,8,10);2*1-2H3. The molecule has 3 nitrogen and oxygen atoms in total. The quantitative estimate of drug-likeness (QED) is 0.678. The number of hydrogen-bond donors (Lipinski definition) is 1. The average molecular weight is 196 g/mol. The Morgan fingerprint density at radius 1 is 1.29 bits per heavy atom. The molecule has 80 valence electrons. The van der Waals surface area contributed by atoms with Crippen molar-refractivity contribution in [3.63, 3.8) is 0 Å². The van der Waals surface area contributed by atoms with Gasteiger partial charge in [-0.3, -0.25) is 4.79 Å². The first kappa shape index (κ1) is 12.8. The fourth-order valence-corrected chi connectivity index (χ4v) is 1.20. The number of carbonyl (C=O) groups is 1. The summed E-state index contributed by atoms with van der Waals surface area (Å²) in [4.78, 5) is 11.0. The first-order valence-electron chi connectivity index (χ1n) is 5.31. The predicted octanol–water partition coefficient (Wildman–Crippen LogP) is 2.28. The number of hydrogen-bond acceptors (Lipinski definition) is 1. The Morgan fingerprint density at radius 2 is 1.93 bits per heavy atom. The molecule has 0 unspecified atom stereocenters. The molecule has 0 fully saturated rings. The highest BCUT2D eigenvalue weighted by molar-refractivity contribution is 5.93. The van der Waals surface area contributed by atoms with Gasteiger partial charge < -0.3 is 9.88 Å². The van der Waals surface area contributed by atoms with Gasteiger partial charge in [0.05, 0.1) is 0 Å². The summed E-state index contributed by atoms with van der Waals surface area (Å²) in [5.41, 5.74) is 0.770. The lowest BCUT2D eigenvalue weighted by Gasteiger charge is -2.14. The van der Waals surface area contributed by atoms with E-state index in [-0.39, 0.29) is 5.91 Å². The largest absolute Gasteiger partial charge is 0.349 e. The van der Waals surface area contributed by atoms with Crippen molar-refractivity contribution in [3.05, 3.63) is 24.0 Å².